The van der Waals surface area contributed by atoms with E-state index in [-0.39, 0.29) is 18.2 Å². The summed E-state index contributed by atoms with van der Waals surface area (Å²) >= 11 is 3.44. The monoisotopic (exact) mass is 291 g/mol. The zero-order valence-electron chi connectivity index (χ0n) is 9.05. The second-order valence-electron chi connectivity index (χ2n) is 4.31. The molecular weight excluding hydrogens is 282 g/mol. The van der Waals surface area contributed by atoms with Gasteiger partial charge in [-0.05, 0) is 41.7 Å². The summed E-state index contributed by atoms with van der Waals surface area (Å²) in [6.45, 7) is 0. The van der Waals surface area contributed by atoms with Crippen LogP contribution in [0, 0.1) is 0 Å². The van der Waals surface area contributed by atoms with Gasteiger partial charge in [0.2, 0.25) is 5.91 Å². The van der Waals surface area contributed by atoms with Gasteiger partial charge in [-0.3, -0.25) is 14.9 Å². The fourth-order valence-electron chi connectivity index (χ4n) is 2.50. The van der Waals surface area contributed by atoms with Crippen LogP contribution in [0.4, 0.5) is 0 Å². The Morgan fingerprint density at radius 3 is 2.65 bits per heavy atom. The highest BCUT2D eigenvalue weighted by Gasteiger charge is 2.30. The molecule has 0 spiro atoms. The van der Waals surface area contributed by atoms with E-state index < -0.39 is 0 Å². The molecule has 2 amide bonds. The van der Waals surface area contributed by atoms with Gasteiger partial charge in [-0.2, -0.15) is 0 Å². The number of carbonyl (C=O) groups excluding carboxylic acids is 2. The molecule has 1 aliphatic heterocycles. The Balaban J connectivity index is 2.12. The molecule has 1 fully saturated rings. The lowest BCUT2D eigenvalue weighted by Crippen LogP contribution is -2.19. The molecule has 0 unspecified atom stereocenters. The van der Waals surface area contributed by atoms with Gasteiger partial charge in [-0.15, -0.1) is 0 Å². The minimum absolute atomic E-state index is 0.192. The SMILES string of the molecule is O=C1C/C(=C2\CCc3cc(Br)ccc32)C(=O)N1. The third kappa shape index (κ3) is 1.72. The Morgan fingerprint density at radius 2 is 1.94 bits per heavy atom. The molecule has 2 aliphatic rings. The van der Waals surface area contributed by atoms with Crippen LogP contribution in [-0.4, -0.2) is 11.8 Å². The van der Waals surface area contributed by atoms with Crippen molar-refractivity contribution in [1.82, 2.24) is 5.32 Å². The molecule has 1 aromatic rings. The van der Waals surface area contributed by atoms with Gasteiger partial charge in [0.05, 0.1) is 6.42 Å². The number of carbonyl (C=O) groups is 2. The van der Waals surface area contributed by atoms with E-state index in [2.05, 4.69) is 27.3 Å². The highest BCUT2D eigenvalue weighted by atomic mass is 79.9. The van der Waals surface area contributed by atoms with Crippen molar-refractivity contribution in [2.45, 2.75) is 19.3 Å². The Kier molecular flexibility index (Phi) is 2.40. The Hall–Kier alpha value is -1.42. The van der Waals surface area contributed by atoms with Crippen LogP contribution in [0.1, 0.15) is 24.0 Å². The molecule has 4 heteroatoms. The standard InChI is InChI=1S/C13H10BrNO2/c14-8-2-4-9-7(5-8)1-3-10(9)11-6-12(16)15-13(11)17/h2,4-5H,1,3,6H2,(H,15,16,17)/b11-10-. The summed E-state index contributed by atoms with van der Waals surface area (Å²) in [4.78, 5) is 22.9. The molecule has 0 aromatic heterocycles. The van der Waals surface area contributed by atoms with Crippen LogP contribution in [0.3, 0.4) is 0 Å². The third-order valence-electron chi connectivity index (χ3n) is 3.27. The lowest BCUT2D eigenvalue weighted by Gasteiger charge is -2.03. The van der Waals surface area contributed by atoms with E-state index >= 15 is 0 Å². The first-order valence-corrected chi connectivity index (χ1v) is 6.29. The highest BCUT2D eigenvalue weighted by Crippen LogP contribution is 2.37. The first-order chi connectivity index (χ1) is 8.15. The Labute approximate surface area is 107 Å². The quantitative estimate of drug-likeness (QED) is 0.588. The maximum absolute atomic E-state index is 11.6. The van der Waals surface area contributed by atoms with Crippen LogP contribution >= 0.6 is 15.9 Å². The van der Waals surface area contributed by atoms with Gasteiger partial charge in [0.15, 0.2) is 0 Å². The van der Waals surface area contributed by atoms with Crippen molar-refractivity contribution in [1.29, 1.82) is 0 Å². The van der Waals surface area contributed by atoms with Crippen LogP contribution < -0.4 is 5.32 Å². The average molecular weight is 292 g/mol. The summed E-state index contributed by atoms with van der Waals surface area (Å²) in [5.41, 5.74) is 4.05. The zero-order chi connectivity index (χ0) is 12.0. The maximum Gasteiger partial charge on any atom is 0.254 e. The molecule has 1 heterocycles. The smallest absolute Gasteiger partial charge is 0.254 e. The van der Waals surface area contributed by atoms with Gasteiger partial charge in [-0.25, -0.2) is 0 Å². The molecule has 0 bridgehead atoms. The number of aryl methyl sites for hydroxylation is 1. The summed E-state index contributed by atoms with van der Waals surface area (Å²) in [5, 5.41) is 2.34. The summed E-state index contributed by atoms with van der Waals surface area (Å²) in [7, 11) is 0. The van der Waals surface area contributed by atoms with E-state index in [1.165, 1.54) is 5.56 Å². The molecule has 3 rings (SSSR count). The van der Waals surface area contributed by atoms with Crippen LogP contribution in [0.15, 0.2) is 28.2 Å². The van der Waals surface area contributed by atoms with Crippen molar-refractivity contribution in [2.24, 2.45) is 0 Å². The average Bonchev–Trinajstić information content (AvgIpc) is 2.81. The van der Waals surface area contributed by atoms with Crippen molar-refractivity contribution in [3.8, 4) is 0 Å². The molecule has 0 atom stereocenters. The number of benzene rings is 1. The molecule has 1 aliphatic carbocycles. The van der Waals surface area contributed by atoms with Gasteiger partial charge in [0, 0.05) is 10.0 Å². The van der Waals surface area contributed by atoms with E-state index in [1.807, 2.05) is 12.1 Å². The number of allylic oxidation sites excluding steroid dienone is 1. The van der Waals surface area contributed by atoms with Gasteiger partial charge in [-0.1, -0.05) is 22.0 Å². The number of hydrogen-bond acceptors (Lipinski definition) is 2. The van der Waals surface area contributed by atoms with Crippen LogP contribution in [-0.2, 0) is 16.0 Å². The fraction of sp³-hybridized carbons (Fsp3) is 0.231. The predicted molar refractivity (Wildman–Crippen MR) is 67.1 cm³/mol. The van der Waals surface area contributed by atoms with E-state index in [9.17, 15) is 9.59 Å². The number of hydrogen-bond donors (Lipinski definition) is 1. The number of fused-ring (bicyclic) bond motifs is 1. The topological polar surface area (TPSA) is 46.2 Å². The first-order valence-electron chi connectivity index (χ1n) is 5.50. The van der Waals surface area contributed by atoms with Crippen molar-refractivity contribution in [3.05, 3.63) is 39.4 Å². The highest BCUT2D eigenvalue weighted by molar-refractivity contribution is 9.10. The van der Waals surface area contributed by atoms with E-state index in [0.29, 0.717) is 5.57 Å². The molecule has 0 saturated carbocycles. The zero-order valence-corrected chi connectivity index (χ0v) is 10.6. The van der Waals surface area contributed by atoms with Gasteiger partial charge in [0.25, 0.3) is 5.91 Å². The molecule has 17 heavy (non-hydrogen) atoms. The predicted octanol–water partition coefficient (Wildman–Crippen LogP) is 2.20. The molecule has 0 radical (unpaired) electrons. The number of imide groups is 1. The number of nitrogens with one attached hydrogen (secondary N) is 1. The minimum atomic E-state index is -0.222. The number of rotatable bonds is 0. The van der Waals surface area contributed by atoms with Gasteiger partial charge in [0.1, 0.15) is 0 Å². The van der Waals surface area contributed by atoms with Crippen LogP contribution in [0.5, 0.6) is 0 Å². The van der Waals surface area contributed by atoms with Crippen molar-refractivity contribution < 1.29 is 9.59 Å². The second-order valence-corrected chi connectivity index (χ2v) is 5.23. The molecule has 1 N–H and O–H groups in total. The molecule has 3 nitrogen and oxygen atoms in total. The summed E-state index contributed by atoms with van der Waals surface area (Å²) in [6, 6.07) is 6.07. The van der Waals surface area contributed by atoms with Crippen molar-refractivity contribution in [3.63, 3.8) is 0 Å². The first kappa shape index (κ1) is 10.7. The molecule has 1 saturated heterocycles. The second kappa shape index (κ2) is 3.81. The van der Waals surface area contributed by atoms with Crippen LogP contribution in [0.2, 0.25) is 0 Å². The van der Waals surface area contributed by atoms with Crippen LogP contribution in [0.25, 0.3) is 5.57 Å². The van der Waals surface area contributed by atoms with Crippen molar-refractivity contribution >= 4 is 33.3 Å². The fourth-order valence-corrected chi connectivity index (χ4v) is 2.91. The maximum atomic E-state index is 11.6. The molecule has 1 aromatic carbocycles. The van der Waals surface area contributed by atoms with E-state index in [1.54, 1.807) is 0 Å². The van der Waals surface area contributed by atoms with E-state index in [0.717, 1.165) is 28.5 Å². The molecule has 86 valence electrons. The summed E-state index contributed by atoms with van der Waals surface area (Å²) in [6.07, 6.45) is 2.01. The number of amides is 2. The lowest BCUT2D eigenvalue weighted by molar-refractivity contribution is -0.124. The Morgan fingerprint density at radius 1 is 1.12 bits per heavy atom. The Bertz CT molecular complexity index is 575. The lowest BCUT2D eigenvalue weighted by atomic mass is 10.0. The largest absolute Gasteiger partial charge is 0.292 e. The molecular formula is C13H10BrNO2. The van der Waals surface area contributed by atoms with Gasteiger partial charge < -0.3 is 0 Å². The summed E-state index contributed by atoms with van der Waals surface area (Å²) < 4.78 is 1.05. The minimum Gasteiger partial charge on any atom is -0.292 e. The summed E-state index contributed by atoms with van der Waals surface area (Å²) in [5.74, 6) is -0.413. The number of halogens is 1. The normalized spacial score (nSPS) is 22.9. The van der Waals surface area contributed by atoms with E-state index in [4.69, 9.17) is 0 Å². The van der Waals surface area contributed by atoms with Crippen molar-refractivity contribution in [2.75, 3.05) is 0 Å². The third-order valence-corrected chi connectivity index (χ3v) is 3.76. The van der Waals surface area contributed by atoms with Gasteiger partial charge >= 0.3 is 0 Å².